The van der Waals surface area contributed by atoms with Crippen LogP contribution in [0.4, 0.5) is 0 Å². The van der Waals surface area contributed by atoms with Gasteiger partial charge < -0.3 is 15.4 Å². The summed E-state index contributed by atoms with van der Waals surface area (Å²) in [5.74, 6) is -0.438. The van der Waals surface area contributed by atoms with Gasteiger partial charge in [-0.3, -0.25) is 0 Å². The van der Waals surface area contributed by atoms with Gasteiger partial charge in [0.1, 0.15) is 0 Å². The van der Waals surface area contributed by atoms with Crippen LogP contribution >= 0.6 is 15.9 Å². The largest absolute Gasteiger partial charge is 0.504 e. The van der Waals surface area contributed by atoms with Crippen LogP contribution in [0.2, 0.25) is 0 Å². The van der Waals surface area contributed by atoms with Gasteiger partial charge in [-0.25, -0.2) is 0 Å². The first-order chi connectivity index (χ1) is 9.58. The summed E-state index contributed by atoms with van der Waals surface area (Å²) in [7, 11) is 0. The van der Waals surface area contributed by atoms with Crippen molar-refractivity contribution in [3.8, 4) is 22.6 Å². The summed E-state index contributed by atoms with van der Waals surface area (Å²) in [5, 5.41) is 32.2. The maximum atomic E-state index is 10.2. The first-order valence-electron chi connectivity index (χ1n) is 6.10. The van der Waals surface area contributed by atoms with Crippen molar-refractivity contribution < 1.29 is 15.4 Å². The summed E-state index contributed by atoms with van der Waals surface area (Å²) in [6.07, 6.45) is 0.502. The highest BCUT2D eigenvalue weighted by molar-refractivity contribution is 9.10. The number of phenols is 2. The van der Waals surface area contributed by atoms with Gasteiger partial charge in [0.25, 0.3) is 0 Å². The Morgan fingerprint density at radius 1 is 1.20 bits per heavy atom. The zero-order valence-electron chi connectivity index (χ0n) is 10.8. The van der Waals surface area contributed by atoms with Crippen LogP contribution in [0.5, 0.6) is 11.5 Å². The molecule has 0 amide bonds. The van der Waals surface area contributed by atoms with Gasteiger partial charge in [0.15, 0.2) is 11.5 Å². The molecule has 20 heavy (non-hydrogen) atoms. The summed E-state index contributed by atoms with van der Waals surface area (Å²) in [4.78, 5) is 0. The van der Waals surface area contributed by atoms with Gasteiger partial charge in [-0.1, -0.05) is 40.1 Å². The molecule has 2 aromatic rings. The summed E-state index contributed by atoms with van der Waals surface area (Å²) < 4.78 is 0.850. The molecular formula is C15H14BrNO3. The fourth-order valence-corrected chi connectivity index (χ4v) is 2.47. The predicted octanol–water partition coefficient (Wildman–Crippen LogP) is 4.12. The second-order valence-corrected chi connectivity index (χ2v) is 5.18. The second-order valence-electron chi connectivity index (χ2n) is 4.27. The molecule has 104 valence electrons. The maximum absolute atomic E-state index is 10.2. The van der Waals surface area contributed by atoms with Crippen molar-refractivity contribution in [3.05, 3.63) is 46.4 Å². The zero-order valence-corrected chi connectivity index (χ0v) is 12.4. The highest BCUT2D eigenvalue weighted by atomic mass is 79.9. The van der Waals surface area contributed by atoms with Crippen molar-refractivity contribution in [1.82, 2.24) is 0 Å². The minimum atomic E-state index is -0.227. The fourth-order valence-electron chi connectivity index (χ4n) is 2.07. The average Bonchev–Trinajstić information content (AvgIpc) is 2.44. The quantitative estimate of drug-likeness (QED) is 0.342. The molecule has 0 bridgehead atoms. The van der Waals surface area contributed by atoms with Gasteiger partial charge in [0.05, 0.1) is 5.71 Å². The van der Waals surface area contributed by atoms with E-state index in [2.05, 4.69) is 21.1 Å². The Morgan fingerprint density at radius 2 is 1.95 bits per heavy atom. The lowest BCUT2D eigenvalue weighted by atomic mass is 9.94. The highest BCUT2D eigenvalue weighted by Gasteiger charge is 2.17. The van der Waals surface area contributed by atoms with E-state index in [4.69, 9.17) is 5.21 Å². The number of halogens is 1. The third kappa shape index (κ3) is 2.63. The molecule has 3 N–H and O–H groups in total. The van der Waals surface area contributed by atoms with Crippen LogP contribution in [0, 0.1) is 0 Å². The van der Waals surface area contributed by atoms with Crippen LogP contribution < -0.4 is 0 Å². The van der Waals surface area contributed by atoms with Crippen LogP contribution in [-0.2, 0) is 0 Å². The van der Waals surface area contributed by atoms with Crippen molar-refractivity contribution in [2.24, 2.45) is 5.16 Å². The van der Waals surface area contributed by atoms with E-state index in [1.54, 1.807) is 6.07 Å². The number of oxime groups is 1. The summed E-state index contributed by atoms with van der Waals surface area (Å²) >= 11 is 3.37. The summed E-state index contributed by atoms with van der Waals surface area (Å²) in [6, 6.07) is 10.3. The van der Waals surface area contributed by atoms with Gasteiger partial charge in [0, 0.05) is 15.6 Å². The molecule has 2 rings (SSSR count). The van der Waals surface area contributed by atoms with E-state index in [0.29, 0.717) is 23.3 Å². The SMILES string of the molecule is CCC(=NO)c1ccc(O)c(O)c1-c1cccc(Br)c1. The minimum Gasteiger partial charge on any atom is -0.504 e. The monoisotopic (exact) mass is 335 g/mol. The van der Waals surface area contributed by atoms with Gasteiger partial charge in [-0.2, -0.15) is 0 Å². The topological polar surface area (TPSA) is 73.1 Å². The van der Waals surface area contributed by atoms with E-state index >= 15 is 0 Å². The number of phenolic OH excluding ortho intramolecular Hbond substituents is 2. The van der Waals surface area contributed by atoms with Gasteiger partial charge in [0.2, 0.25) is 0 Å². The fraction of sp³-hybridized carbons (Fsp3) is 0.133. The van der Waals surface area contributed by atoms with Crippen molar-refractivity contribution in [3.63, 3.8) is 0 Å². The van der Waals surface area contributed by atoms with E-state index in [9.17, 15) is 10.2 Å². The summed E-state index contributed by atoms with van der Waals surface area (Å²) in [5.41, 5.74) is 2.19. The number of rotatable bonds is 3. The summed E-state index contributed by atoms with van der Waals surface area (Å²) in [6.45, 7) is 1.85. The van der Waals surface area contributed by atoms with Gasteiger partial charge in [-0.05, 0) is 36.2 Å². The molecule has 0 aliphatic carbocycles. The Balaban J connectivity index is 2.75. The van der Waals surface area contributed by atoms with E-state index < -0.39 is 0 Å². The molecule has 0 aliphatic rings. The third-order valence-electron chi connectivity index (χ3n) is 3.04. The number of hydrogen-bond donors (Lipinski definition) is 3. The average molecular weight is 336 g/mol. The van der Waals surface area contributed by atoms with Crippen LogP contribution in [-0.4, -0.2) is 21.1 Å². The zero-order chi connectivity index (χ0) is 14.7. The molecule has 2 aromatic carbocycles. The van der Waals surface area contributed by atoms with Crippen LogP contribution in [0.15, 0.2) is 46.0 Å². The molecule has 0 fully saturated rings. The molecule has 0 aliphatic heterocycles. The third-order valence-corrected chi connectivity index (χ3v) is 3.53. The molecule has 0 saturated carbocycles. The van der Waals surface area contributed by atoms with Crippen molar-refractivity contribution >= 4 is 21.6 Å². The van der Waals surface area contributed by atoms with E-state index in [-0.39, 0.29) is 11.5 Å². The Labute approximate surface area is 125 Å². The first-order valence-corrected chi connectivity index (χ1v) is 6.90. The predicted molar refractivity (Wildman–Crippen MR) is 81.5 cm³/mol. The molecule has 0 atom stereocenters. The Kier molecular flexibility index (Phi) is 4.29. The second kappa shape index (κ2) is 5.96. The maximum Gasteiger partial charge on any atom is 0.166 e. The molecule has 0 saturated heterocycles. The van der Waals surface area contributed by atoms with Gasteiger partial charge in [-0.15, -0.1) is 0 Å². The highest BCUT2D eigenvalue weighted by Crippen LogP contribution is 2.40. The number of hydrogen-bond acceptors (Lipinski definition) is 4. The van der Waals surface area contributed by atoms with Crippen molar-refractivity contribution in [1.29, 1.82) is 0 Å². The number of nitrogens with zero attached hydrogens (tertiary/aromatic N) is 1. The Bertz CT molecular complexity index is 668. The normalized spacial score (nSPS) is 11.6. The Morgan fingerprint density at radius 3 is 2.55 bits per heavy atom. The Hall–Kier alpha value is -2.01. The molecule has 0 unspecified atom stereocenters. The number of aromatic hydroxyl groups is 2. The smallest absolute Gasteiger partial charge is 0.166 e. The lowest BCUT2D eigenvalue weighted by Gasteiger charge is -2.13. The molecule has 5 heteroatoms. The molecule has 0 spiro atoms. The van der Waals surface area contributed by atoms with Crippen molar-refractivity contribution in [2.75, 3.05) is 0 Å². The molecular weight excluding hydrogens is 322 g/mol. The van der Waals surface area contributed by atoms with E-state index in [1.807, 2.05) is 31.2 Å². The molecule has 0 radical (unpaired) electrons. The standard InChI is InChI=1S/C15H14BrNO3/c1-2-12(17-20)11-6-7-13(18)15(19)14(11)9-4-3-5-10(16)8-9/h3-8,18-20H,2H2,1H3. The van der Waals surface area contributed by atoms with Crippen molar-refractivity contribution in [2.45, 2.75) is 13.3 Å². The number of benzene rings is 2. The van der Waals surface area contributed by atoms with Crippen LogP contribution in [0.1, 0.15) is 18.9 Å². The lowest BCUT2D eigenvalue weighted by Crippen LogP contribution is -2.02. The van der Waals surface area contributed by atoms with E-state index in [0.717, 1.165) is 10.0 Å². The molecule has 4 nitrogen and oxygen atoms in total. The van der Waals surface area contributed by atoms with E-state index in [1.165, 1.54) is 6.07 Å². The van der Waals surface area contributed by atoms with Gasteiger partial charge >= 0.3 is 0 Å². The lowest BCUT2D eigenvalue weighted by molar-refractivity contribution is 0.318. The molecule has 0 aromatic heterocycles. The van der Waals surface area contributed by atoms with Crippen LogP contribution in [0.3, 0.4) is 0 Å². The molecule has 0 heterocycles. The van der Waals surface area contributed by atoms with Crippen LogP contribution in [0.25, 0.3) is 11.1 Å². The minimum absolute atomic E-state index is 0.211. The first kappa shape index (κ1) is 14.4.